The Hall–Kier alpha value is -2.73. The summed E-state index contributed by atoms with van der Waals surface area (Å²) in [5.74, 6) is 0.344. The van der Waals surface area contributed by atoms with Crippen molar-refractivity contribution >= 4 is 23.7 Å². The number of nitrogens with one attached hydrogen (secondary N) is 1. The number of hydrogen-bond donors (Lipinski definition) is 2. The maximum Gasteiger partial charge on any atom is 0.277 e. The molecule has 0 saturated carbocycles. The highest BCUT2D eigenvalue weighted by atomic mass is 35.5. The van der Waals surface area contributed by atoms with E-state index < -0.39 is 5.91 Å². The maximum absolute atomic E-state index is 11.6. The van der Waals surface area contributed by atoms with Crippen LogP contribution in [-0.4, -0.2) is 30.9 Å². The number of benzene rings is 2. The number of ether oxygens (including phenoxy) is 2. The molecule has 0 aromatic heterocycles. The second-order valence-corrected chi connectivity index (χ2v) is 4.85. The summed E-state index contributed by atoms with van der Waals surface area (Å²) in [6, 6.07) is 11.6. The van der Waals surface area contributed by atoms with Crippen molar-refractivity contribution in [2.24, 2.45) is 5.10 Å². The van der Waals surface area contributed by atoms with Crippen LogP contribution < -0.4 is 14.9 Å². The lowest BCUT2D eigenvalue weighted by Crippen LogP contribution is -2.24. The zero-order valence-corrected chi connectivity index (χ0v) is 13.1. The van der Waals surface area contributed by atoms with Gasteiger partial charge in [-0.3, -0.25) is 4.79 Å². The van der Waals surface area contributed by atoms with Gasteiger partial charge < -0.3 is 14.6 Å². The Morgan fingerprint density at radius 3 is 2.78 bits per heavy atom. The van der Waals surface area contributed by atoms with Gasteiger partial charge in [0, 0.05) is 0 Å². The number of phenols is 1. The van der Waals surface area contributed by atoms with Crippen LogP contribution in [0.1, 0.15) is 5.56 Å². The number of para-hydroxylation sites is 1. The van der Waals surface area contributed by atoms with Gasteiger partial charge in [0.15, 0.2) is 18.1 Å². The molecule has 0 atom stereocenters. The van der Waals surface area contributed by atoms with Crippen molar-refractivity contribution in [3.8, 4) is 17.2 Å². The fourth-order valence-electron chi connectivity index (χ4n) is 1.70. The molecular weight excluding hydrogens is 320 g/mol. The van der Waals surface area contributed by atoms with Gasteiger partial charge >= 0.3 is 0 Å². The van der Waals surface area contributed by atoms with Crippen molar-refractivity contribution in [2.45, 2.75) is 0 Å². The minimum atomic E-state index is -0.432. The number of rotatable bonds is 6. The van der Waals surface area contributed by atoms with Crippen molar-refractivity contribution in [2.75, 3.05) is 13.7 Å². The molecule has 6 nitrogen and oxygen atoms in total. The lowest BCUT2D eigenvalue weighted by atomic mass is 10.2. The first-order valence-corrected chi connectivity index (χ1v) is 7.04. The van der Waals surface area contributed by atoms with E-state index in [0.29, 0.717) is 22.1 Å². The maximum atomic E-state index is 11.6. The Morgan fingerprint density at radius 1 is 1.30 bits per heavy atom. The van der Waals surface area contributed by atoms with Crippen molar-refractivity contribution in [3.63, 3.8) is 0 Å². The molecule has 1 amide bonds. The van der Waals surface area contributed by atoms with E-state index in [-0.39, 0.29) is 12.4 Å². The summed E-state index contributed by atoms with van der Waals surface area (Å²) in [5, 5.41) is 13.8. The van der Waals surface area contributed by atoms with E-state index in [9.17, 15) is 9.90 Å². The van der Waals surface area contributed by atoms with Crippen LogP contribution in [-0.2, 0) is 4.79 Å². The third-order valence-corrected chi connectivity index (χ3v) is 3.11. The van der Waals surface area contributed by atoms with Crippen LogP contribution >= 0.6 is 11.6 Å². The largest absolute Gasteiger partial charge is 0.504 e. The third kappa shape index (κ3) is 4.89. The van der Waals surface area contributed by atoms with Crippen LogP contribution in [0.5, 0.6) is 17.2 Å². The summed E-state index contributed by atoms with van der Waals surface area (Å²) in [5.41, 5.74) is 2.93. The molecule has 0 unspecified atom stereocenters. The number of carbonyl (C=O) groups is 1. The topological polar surface area (TPSA) is 80.2 Å². The predicted molar refractivity (Wildman–Crippen MR) is 87.3 cm³/mol. The van der Waals surface area contributed by atoms with Gasteiger partial charge in [-0.2, -0.15) is 5.10 Å². The highest BCUT2D eigenvalue weighted by molar-refractivity contribution is 6.32. The Balaban J connectivity index is 1.84. The molecule has 0 bridgehead atoms. The Bertz CT molecular complexity index is 719. The molecular formula is C16H15ClN2O4. The summed E-state index contributed by atoms with van der Waals surface area (Å²) in [6.45, 7) is -0.213. The molecule has 0 aliphatic rings. The fraction of sp³-hybridized carbons (Fsp3) is 0.125. The van der Waals surface area contributed by atoms with Gasteiger partial charge in [-0.25, -0.2) is 5.43 Å². The molecule has 2 rings (SSSR count). The highest BCUT2D eigenvalue weighted by Gasteiger charge is 2.04. The average molecular weight is 335 g/mol. The van der Waals surface area contributed by atoms with E-state index in [1.54, 1.807) is 36.4 Å². The third-order valence-electron chi connectivity index (χ3n) is 2.80. The standard InChI is InChI=1S/C16H15ClN2O4/c1-22-15-7-6-11(8-13(15)20)9-18-19-16(21)10-23-14-5-3-2-4-12(14)17/h2-9,20H,10H2,1H3,(H,19,21)/b18-9+. The first kappa shape index (κ1) is 16.6. The normalized spacial score (nSPS) is 10.5. The Labute approximate surface area is 138 Å². The Kier molecular flexibility index (Phi) is 5.82. The van der Waals surface area contributed by atoms with Gasteiger partial charge in [-0.1, -0.05) is 23.7 Å². The molecule has 120 valence electrons. The van der Waals surface area contributed by atoms with Gasteiger partial charge in [0.05, 0.1) is 18.3 Å². The van der Waals surface area contributed by atoms with Gasteiger partial charge in [-0.15, -0.1) is 0 Å². The molecule has 0 radical (unpaired) electrons. The first-order chi connectivity index (χ1) is 11.1. The molecule has 7 heteroatoms. The highest BCUT2D eigenvalue weighted by Crippen LogP contribution is 2.25. The van der Waals surface area contributed by atoms with E-state index in [0.717, 1.165) is 0 Å². The molecule has 0 heterocycles. The lowest BCUT2D eigenvalue weighted by molar-refractivity contribution is -0.123. The van der Waals surface area contributed by atoms with Crippen LogP contribution in [0, 0.1) is 0 Å². The molecule has 0 fully saturated rings. The second kappa shape index (κ2) is 8.05. The number of carbonyl (C=O) groups excluding carboxylic acids is 1. The predicted octanol–water partition coefficient (Wildman–Crippen LogP) is 2.58. The molecule has 2 N–H and O–H groups in total. The van der Waals surface area contributed by atoms with Crippen LogP contribution in [0.4, 0.5) is 0 Å². The molecule has 0 aliphatic heterocycles. The van der Waals surface area contributed by atoms with Gasteiger partial charge in [-0.05, 0) is 35.9 Å². The summed E-state index contributed by atoms with van der Waals surface area (Å²) in [4.78, 5) is 11.6. The van der Waals surface area contributed by atoms with Gasteiger partial charge in [0.25, 0.3) is 5.91 Å². The molecule has 0 saturated heterocycles. The van der Waals surface area contributed by atoms with Crippen molar-refractivity contribution in [1.29, 1.82) is 0 Å². The van der Waals surface area contributed by atoms with Crippen molar-refractivity contribution in [3.05, 3.63) is 53.1 Å². The average Bonchev–Trinajstić information content (AvgIpc) is 2.54. The zero-order valence-electron chi connectivity index (χ0n) is 12.3. The summed E-state index contributed by atoms with van der Waals surface area (Å²) >= 11 is 5.91. The Morgan fingerprint density at radius 2 is 2.09 bits per heavy atom. The number of hydrogen-bond acceptors (Lipinski definition) is 5. The van der Waals surface area contributed by atoms with Crippen molar-refractivity contribution in [1.82, 2.24) is 5.43 Å². The minimum Gasteiger partial charge on any atom is -0.504 e. The molecule has 2 aromatic rings. The zero-order chi connectivity index (χ0) is 16.7. The first-order valence-electron chi connectivity index (χ1n) is 6.66. The van der Waals surface area contributed by atoms with E-state index >= 15 is 0 Å². The van der Waals surface area contributed by atoms with Crippen LogP contribution in [0.15, 0.2) is 47.6 Å². The van der Waals surface area contributed by atoms with Crippen LogP contribution in [0.3, 0.4) is 0 Å². The van der Waals surface area contributed by atoms with E-state index in [4.69, 9.17) is 21.1 Å². The SMILES string of the molecule is COc1ccc(/C=N/NC(=O)COc2ccccc2Cl)cc1O. The van der Waals surface area contributed by atoms with E-state index in [1.165, 1.54) is 19.4 Å². The number of methoxy groups -OCH3 is 1. The summed E-state index contributed by atoms with van der Waals surface area (Å²) < 4.78 is 10.2. The quantitative estimate of drug-likeness (QED) is 0.628. The van der Waals surface area contributed by atoms with Gasteiger partial charge in [0.1, 0.15) is 5.75 Å². The lowest BCUT2D eigenvalue weighted by Gasteiger charge is -2.06. The second-order valence-electron chi connectivity index (χ2n) is 4.44. The molecule has 0 aliphatic carbocycles. The smallest absolute Gasteiger partial charge is 0.277 e. The molecule has 23 heavy (non-hydrogen) atoms. The van der Waals surface area contributed by atoms with Gasteiger partial charge in [0.2, 0.25) is 0 Å². The summed E-state index contributed by atoms with van der Waals surface area (Å²) in [6.07, 6.45) is 1.40. The fourth-order valence-corrected chi connectivity index (χ4v) is 1.89. The molecule has 0 spiro atoms. The summed E-state index contributed by atoms with van der Waals surface area (Å²) in [7, 11) is 1.46. The number of phenolic OH excluding ortho intramolecular Hbond substituents is 1. The number of aromatic hydroxyl groups is 1. The van der Waals surface area contributed by atoms with E-state index in [2.05, 4.69) is 10.5 Å². The van der Waals surface area contributed by atoms with Crippen LogP contribution in [0.25, 0.3) is 0 Å². The minimum absolute atomic E-state index is 0.00942. The number of nitrogens with zero attached hydrogens (tertiary/aromatic N) is 1. The number of halogens is 1. The monoisotopic (exact) mass is 334 g/mol. The van der Waals surface area contributed by atoms with Crippen molar-refractivity contribution < 1.29 is 19.4 Å². The van der Waals surface area contributed by atoms with E-state index in [1.807, 2.05) is 0 Å². The number of hydrazone groups is 1. The number of amides is 1. The molecule has 2 aromatic carbocycles. The van der Waals surface area contributed by atoms with Crippen LogP contribution in [0.2, 0.25) is 5.02 Å².